The summed E-state index contributed by atoms with van der Waals surface area (Å²) in [6, 6.07) is 5.88. The molecule has 0 aliphatic heterocycles. The molecule has 3 aromatic rings. The number of pyridine rings is 1. The van der Waals surface area contributed by atoms with Crippen molar-refractivity contribution in [1.82, 2.24) is 19.2 Å². The number of rotatable bonds is 8. The second-order valence-electron chi connectivity index (χ2n) is 5.47. The molecule has 0 spiro atoms. The number of imidazole rings is 1. The Bertz CT molecular complexity index is 775. The number of fused-ring (bicyclic) bond motifs is 1. The number of ether oxygens (including phenoxy) is 1. The molecular weight excluding hydrogens is 306 g/mol. The normalized spacial score (nSPS) is 11.0. The summed E-state index contributed by atoms with van der Waals surface area (Å²) in [6.07, 6.45) is 8.55. The molecule has 7 nitrogen and oxygen atoms in total. The first-order valence-corrected chi connectivity index (χ1v) is 8.07. The predicted molar refractivity (Wildman–Crippen MR) is 90.9 cm³/mol. The molecule has 126 valence electrons. The summed E-state index contributed by atoms with van der Waals surface area (Å²) >= 11 is 0. The van der Waals surface area contributed by atoms with E-state index in [4.69, 9.17) is 4.74 Å². The van der Waals surface area contributed by atoms with E-state index < -0.39 is 0 Å². The standard InChI is InChI=1S/C17H21N5O2/c1-2-24-9-5-7-17(23)20-14-10-18-22(12-14)13-15-11-21-8-4-3-6-16(21)19-15/h3-4,6,8,10-12H,2,5,7,9,13H2,1H3,(H,20,23). The summed E-state index contributed by atoms with van der Waals surface area (Å²) in [5.41, 5.74) is 2.52. The summed E-state index contributed by atoms with van der Waals surface area (Å²) in [7, 11) is 0. The van der Waals surface area contributed by atoms with Crippen molar-refractivity contribution >= 4 is 17.2 Å². The van der Waals surface area contributed by atoms with E-state index >= 15 is 0 Å². The van der Waals surface area contributed by atoms with Gasteiger partial charge < -0.3 is 14.5 Å². The fourth-order valence-corrected chi connectivity index (χ4v) is 2.45. The zero-order valence-corrected chi connectivity index (χ0v) is 13.7. The first-order chi connectivity index (χ1) is 11.7. The molecule has 1 N–H and O–H groups in total. The molecule has 7 heteroatoms. The smallest absolute Gasteiger partial charge is 0.224 e. The van der Waals surface area contributed by atoms with Crippen LogP contribution in [0.2, 0.25) is 0 Å². The lowest BCUT2D eigenvalue weighted by Crippen LogP contribution is -2.11. The van der Waals surface area contributed by atoms with E-state index in [0.29, 0.717) is 31.9 Å². The largest absolute Gasteiger partial charge is 0.382 e. The molecule has 0 atom stereocenters. The summed E-state index contributed by atoms with van der Waals surface area (Å²) in [4.78, 5) is 16.4. The Kier molecular flexibility index (Phi) is 5.22. The lowest BCUT2D eigenvalue weighted by Gasteiger charge is -2.02. The van der Waals surface area contributed by atoms with Gasteiger partial charge in [-0.2, -0.15) is 5.10 Å². The first kappa shape index (κ1) is 16.2. The SMILES string of the molecule is CCOCCCC(=O)Nc1cnn(Cc2cn3ccccc3n2)c1. The highest BCUT2D eigenvalue weighted by molar-refractivity contribution is 5.90. The highest BCUT2D eigenvalue weighted by atomic mass is 16.5. The van der Waals surface area contributed by atoms with Crippen LogP contribution in [0.3, 0.4) is 0 Å². The van der Waals surface area contributed by atoms with Crippen molar-refractivity contribution in [3.8, 4) is 0 Å². The Morgan fingerprint density at radius 1 is 1.33 bits per heavy atom. The van der Waals surface area contributed by atoms with E-state index in [1.807, 2.05) is 48.1 Å². The van der Waals surface area contributed by atoms with Crippen LogP contribution in [0.4, 0.5) is 5.69 Å². The van der Waals surface area contributed by atoms with Gasteiger partial charge in [-0.15, -0.1) is 0 Å². The lowest BCUT2D eigenvalue weighted by atomic mass is 10.3. The number of hydrogen-bond donors (Lipinski definition) is 1. The highest BCUT2D eigenvalue weighted by Crippen LogP contribution is 2.10. The molecule has 0 aliphatic carbocycles. The monoisotopic (exact) mass is 327 g/mol. The molecule has 0 saturated carbocycles. The molecule has 0 aromatic carbocycles. The van der Waals surface area contributed by atoms with Gasteiger partial charge in [0.05, 0.1) is 24.1 Å². The summed E-state index contributed by atoms with van der Waals surface area (Å²) in [5.74, 6) is -0.0259. The molecule has 3 aromatic heterocycles. The fourth-order valence-electron chi connectivity index (χ4n) is 2.45. The molecule has 0 saturated heterocycles. The fraction of sp³-hybridized carbons (Fsp3) is 0.353. The Balaban J connectivity index is 1.54. The van der Waals surface area contributed by atoms with Crippen molar-refractivity contribution in [2.24, 2.45) is 0 Å². The number of carbonyl (C=O) groups excluding carboxylic acids is 1. The van der Waals surface area contributed by atoms with Crippen LogP contribution >= 0.6 is 0 Å². The maximum Gasteiger partial charge on any atom is 0.224 e. The zero-order valence-electron chi connectivity index (χ0n) is 13.7. The topological polar surface area (TPSA) is 73.5 Å². The van der Waals surface area contributed by atoms with E-state index in [1.54, 1.807) is 10.9 Å². The van der Waals surface area contributed by atoms with Crippen molar-refractivity contribution in [3.05, 3.63) is 48.7 Å². The van der Waals surface area contributed by atoms with Gasteiger partial charge in [-0.3, -0.25) is 9.48 Å². The minimum absolute atomic E-state index is 0.0259. The molecule has 0 aliphatic rings. The number of nitrogens with zero attached hydrogens (tertiary/aromatic N) is 4. The molecular formula is C17H21N5O2. The van der Waals surface area contributed by atoms with Crippen molar-refractivity contribution in [2.75, 3.05) is 18.5 Å². The van der Waals surface area contributed by atoms with E-state index in [9.17, 15) is 4.79 Å². The number of carbonyl (C=O) groups is 1. The number of hydrogen-bond acceptors (Lipinski definition) is 4. The van der Waals surface area contributed by atoms with Gasteiger partial charge in [0, 0.05) is 38.2 Å². The molecule has 24 heavy (non-hydrogen) atoms. The number of anilines is 1. The molecule has 0 unspecified atom stereocenters. The van der Waals surface area contributed by atoms with Crippen LogP contribution in [0.1, 0.15) is 25.5 Å². The third-order valence-corrected chi connectivity index (χ3v) is 3.55. The Morgan fingerprint density at radius 3 is 3.08 bits per heavy atom. The van der Waals surface area contributed by atoms with Crippen LogP contribution in [0.25, 0.3) is 5.65 Å². The van der Waals surface area contributed by atoms with Gasteiger partial charge in [-0.05, 0) is 25.5 Å². The molecule has 3 heterocycles. The van der Waals surface area contributed by atoms with Gasteiger partial charge in [0.1, 0.15) is 5.65 Å². The van der Waals surface area contributed by atoms with Crippen LogP contribution in [-0.4, -0.2) is 38.3 Å². The molecule has 0 bridgehead atoms. The van der Waals surface area contributed by atoms with Crippen LogP contribution in [0.5, 0.6) is 0 Å². The molecule has 0 fully saturated rings. The second-order valence-corrected chi connectivity index (χ2v) is 5.47. The maximum atomic E-state index is 11.8. The number of amides is 1. The number of aromatic nitrogens is 4. The van der Waals surface area contributed by atoms with E-state index in [1.165, 1.54) is 0 Å². The second kappa shape index (κ2) is 7.74. The minimum atomic E-state index is -0.0259. The predicted octanol–water partition coefficient (Wildman–Crippen LogP) is 2.33. The van der Waals surface area contributed by atoms with E-state index in [2.05, 4.69) is 15.4 Å². The number of nitrogens with one attached hydrogen (secondary N) is 1. The van der Waals surface area contributed by atoms with Crippen molar-refractivity contribution < 1.29 is 9.53 Å². The van der Waals surface area contributed by atoms with Gasteiger partial charge in [0.15, 0.2) is 0 Å². The molecule has 0 radical (unpaired) electrons. The van der Waals surface area contributed by atoms with Gasteiger partial charge in [0.2, 0.25) is 5.91 Å². The van der Waals surface area contributed by atoms with Gasteiger partial charge in [0.25, 0.3) is 0 Å². The van der Waals surface area contributed by atoms with Gasteiger partial charge >= 0.3 is 0 Å². The van der Waals surface area contributed by atoms with Gasteiger partial charge in [-0.25, -0.2) is 4.98 Å². The van der Waals surface area contributed by atoms with Crippen molar-refractivity contribution in [2.45, 2.75) is 26.3 Å². The summed E-state index contributed by atoms with van der Waals surface area (Å²) in [6.45, 7) is 3.79. The summed E-state index contributed by atoms with van der Waals surface area (Å²) < 4.78 is 8.96. The van der Waals surface area contributed by atoms with E-state index in [-0.39, 0.29) is 5.91 Å². The molecule has 1 amide bonds. The van der Waals surface area contributed by atoms with Crippen LogP contribution in [0, 0.1) is 0 Å². The molecule has 3 rings (SSSR count). The van der Waals surface area contributed by atoms with Crippen LogP contribution < -0.4 is 5.32 Å². The van der Waals surface area contributed by atoms with Crippen LogP contribution in [0.15, 0.2) is 43.0 Å². The highest BCUT2D eigenvalue weighted by Gasteiger charge is 2.06. The minimum Gasteiger partial charge on any atom is -0.382 e. The first-order valence-electron chi connectivity index (χ1n) is 8.07. The average molecular weight is 327 g/mol. The van der Waals surface area contributed by atoms with E-state index in [0.717, 1.165) is 17.8 Å². The lowest BCUT2D eigenvalue weighted by molar-refractivity contribution is -0.116. The average Bonchev–Trinajstić information content (AvgIpc) is 3.18. The van der Waals surface area contributed by atoms with Gasteiger partial charge in [-0.1, -0.05) is 6.07 Å². The Labute approximate surface area is 140 Å². The third-order valence-electron chi connectivity index (χ3n) is 3.55. The Morgan fingerprint density at radius 2 is 2.25 bits per heavy atom. The summed E-state index contributed by atoms with van der Waals surface area (Å²) in [5, 5.41) is 7.12. The Hall–Kier alpha value is -2.67. The quantitative estimate of drug-likeness (QED) is 0.645. The zero-order chi connectivity index (χ0) is 16.8. The van der Waals surface area contributed by atoms with Crippen molar-refractivity contribution in [1.29, 1.82) is 0 Å². The van der Waals surface area contributed by atoms with Crippen LogP contribution in [-0.2, 0) is 16.1 Å². The third kappa shape index (κ3) is 4.20. The maximum absolute atomic E-state index is 11.8. The van der Waals surface area contributed by atoms with Crippen molar-refractivity contribution in [3.63, 3.8) is 0 Å².